The number of thioether (sulfide) groups is 1. The van der Waals surface area contributed by atoms with Crippen LogP contribution in [0.2, 0.25) is 0 Å². The molecule has 0 unspecified atom stereocenters. The van der Waals surface area contributed by atoms with E-state index in [1.54, 1.807) is 6.08 Å². The van der Waals surface area contributed by atoms with E-state index in [-0.39, 0.29) is 23.3 Å². The monoisotopic (exact) mass is 347 g/mol. The number of carbonyl (C=O) groups excluding carboxylic acids is 2. The van der Waals surface area contributed by atoms with Crippen molar-refractivity contribution in [1.82, 2.24) is 5.32 Å². The van der Waals surface area contributed by atoms with Crippen molar-refractivity contribution in [1.29, 1.82) is 0 Å². The molecule has 2 saturated heterocycles. The summed E-state index contributed by atoms with van der Waals surface area (Å²) in [6.45, 7) is 5.54. The molecule has 0 bridgehead atoms. The molecule has 1 aromatic rings. The molecule has 2 aliphatic heterocycles. The second-order valence-electron chi connectivity index (χ2n) is 6.21. The van der Waals surface area contributed by atoms with Gasteiger partial charge in [0.25, 0.3) is 11.1 Å². The Hall–Kier alpha value is -1.99. The summed E-state index contributed by atoms with van der Waals surface area (Å²) in [5.74, 6) is 0.410. The van der Waals surface area contributed by atoms with Gasteiger partial charge in [-0.05, 0) is 44.2 Å². The molecule has 3 N–H and O–H groups in total. The fourth-order valence-corrected chi connectivity index (χ4v) is 3.57. The molecule has 3 rings (SSSR count). The highest BCUT2D eigenvalue weighted by molar-refractivity contribution is 8.18. The summed E-state index contributed by atoms with van der Waals surface area (Å²) in [6.07, 6.45) is 2.70. The molecular weight excluding hydrogens is 326 g/mol. The van der Waals surface area contributed by atoms with E-state index >= 15 is 0 Å². The Kier molecular flexibility index (Phi) is 4.82. The summed E-state index contributed by atoms with van der Waals surface area (Å²) in [6, 6.07) is 5.87. The Bertz CT molecular complexity index is 702. The molecule has 0 spiro atoms. The van der Waals surface area contributed by atoms with Gasteiger partial charge in [0.2, 0.25) is 0 Å². The van der Waals surface area contributed by atoms with Crippen molar-refractivity contribution < 1.29 is 14.3 Å². The summed E-state index contributed by atoms with van der Waals surface area (Å²) < 4.78 is 5.96. The number of carbonyl (C=O) groups is 2. The van der Waals surface area contributed by atoms with Crippen LogP contribution < -0.4 is 20.7 Å². The van der Waals surface area contributed by atoms with Crippen LogP contribution in [0.3, 0.4) is 0 Å². The molecule has 128 valence electrons. The van der Waals surface area contributed by atoms with Gasteiger partial charge in [-0.25, -0.2) is 0 Å². The zero-order chi connectivity index (χ0) is 17.3. The Morgan fingerprint density at radius 2 is 2.21 bits per heavy atom. The van der Waals surface area contributed by atoms with Crippen LogP contribution in [0.5, 0.6) is 5.75 Å². The molecule has 1 aromatic carbocycles. The van der Waals surface area contributed by atoms with Gasteiger partial charge < -0.3 is 15.4 Å². The van der Waals surface area contributed by atoms with Crippen LogP contribution in [0.15, 0.2) is 23.1 Å². The van der Waals surface area contributed by atoms with Gasteiger partial charge in [0.15, 0.2) is 0 Å². The van der Waals surface area contributed by atoms with Crippen LogP contribution in [0, 0.1) is 0 Å². The van der Waals surface area contributed by atoms with Crippen molar-refractivity contribution in [2.45, 2.75) is 32.4 Å². The Balaban J connectivity index is 2.03. The molecule has 2 heterocycles. The number of nitrogens with two attached hydrogens (primary N) is 1. The molecule has 1 atom stereocenters. The molecule has 0 aliphatic carbocycles. The number of amides is 2. The lowest BCUT2D eigenvalue weighted by molar-refractivity contribution is -0.115. The maximum atomic E-state index is 11.9. The van der Waals surface area contributed by atoms with Gasteiger partial charge in [-0.3, -0.25) is 14.9 Å². The number of benzene rings is 1. The smallest absolute Gasteiger partial charge is 0.290 e. The summed E-state index contributed by atoms with van der Waals surface area (Å²) in [5, 5.41) is 1.94. The average Bonchev–Trinajstić information content (AvgIpc) is 3.04. The van der Waals surface area contributed by atoms with E-state index in [0.29, 0.717) is 4.91 Å². The third kappa shape index (κ3) is 3.57. The van der Waals surface area contributed by atoms with Gasteiger partial charge in [-0.2, -0.15) is 0 Å². The molecule has 0 aromatic heterocycles. The average molecular weight is 347 g/mol. The minimum absolute atomic E-state index is 0.0358. The first-order valence-electron chi connectivity index (χ1n) is 7.99. The van der Waals surface area contributed by atoms with E-state index < -0.39 is 0 Å². The van der Waals surface area contributed by atoms with Crippen molar-refractivity contribution in [3.05, 3.63) is 28.7 Å². The van der Waals surface area contributed by atoms with E-state index in [1.807, 2.05) is 32.0 Å². The maximum absolute atomic E-state index is 11.9. The SMILES string of the molecule is CC(C)Oc1cccc(C=C2SC(=O)NC2=O)c1N1CC[C@H](N)C1. The number of hydrogen-bond donors (Lipinski definition) is 2. The number of nitrogens with zero attached hydrogens (tertiary/aromatic N) is 1. The lowest BCUT2D eigenvalue weighted by atomic mass is 10.1. The molecular formula is C17H21N3O3S. The van der Waals surface area contributed by atoms with E-state index in [9.17, 15) is 9.59 Å². The first-order chi connectivity index (χ1) is 11.4. The second kappa shape index (κ2) is 6.86. The Labute approximate surface area is 145 Å². The number of anilines is 1. The van der Waals surface area contributed by atoms with Gasteiger partial charge in [-0.15, -0.1) is 0 Å². The topological polar surface area (TPSA) is 84.7 Å². The highest BCUT2D eigenvalue weighted by Crippen LogP contribution is 2.38. The van der Waals surface area contributed by atoms with E-state index in [4.69, 9.17) is 10.5 Å². The predicted molar refractivity (Wildman–Crippen MR) is 96.1 cm³/mol. The molecule has 24 heavy (non-hydrogen) atoms. The zero-order valence-electron chi connectivity index (χ0n) is 13.7. The van der Waals surface area contributed by atoms with E-state index in [2.05, 4.69) is 10.2 Å². The lowest BCUT2D eigenvalue weighted by Crippen LogP contribution is -2.27. The first kappa shape index (κ1) is 16.9. The Morgan fingerprint density at radius 3 is 2.79 bits per heavy atom. The number of rotatable bonds is 4. The number of ether oxygens (including phenoxy) is 1. The van der Waals surface area contributed by atoms with Gasteiger partial charge in [-0.1, -0.05) is 12.1 Å². The second-order valence-corrected chi connectivity index (χ2v) is 7.22. The van der Waals surface area contributed by atoms with E-state index in [1.165, 1.54) is 0 Å². The summed E-state index contributed by atoms with van der Waals surface area (Å²) in [4.78, 5) is 25.8. The first-order valence-corrected chi connectivity index (χ1v) is 8.80. The van der Waals surface area contributed by atoms with Crippen molar-refractivity contribution in [3.63, 3.8) is 0 Å². The molecule has 0 radical (unpaired) electrons. The zero-order valence-corrected chi connectivity index (χ0v) is 14.6. The van der Waals surface area contributed by atoms with Crippen LogP contribution >= 0.6 is 11.8 Å². The highest BCUT2D eigenvalue weighted by atomic mass is 32.2. The van der Waals surface area contributed by atoms with Gasteiger partial charge >= 0.3 is 0 Å². The molecule has 0 saturated carbocycles. The van der Waals surface area contributed by atoms with Crippen molar-refractivity contribution in [2.75, 3.05) is 18.0 Å². The number of hydrogen-bond acceptors (Lipinski definition) is 6. The summed E-state index contributed by atoms with van der Waals surface area (Å²) in [5.41, 5.74) is 7.84. The lowest BCUT2D eigenvalue weighted by Gasteiger charge is -2.25. The largest absolute Gasteiger partial charge is 0.489 e. The molecule has 6 nitrogen and oxygen atoms in total. The highest BCUT2D eigenvalue weighted by Gasteiger charge is 2.28. The summed E-state index contributed by atoms with van der Waals surface area (Å²) >= 11 is 0.918. The van der Waals surface area contributed by atoms with Crippen LogP contribution in [0.1, 0.15) is 25.8 Å². The number of para-hydroxylation sites is 1. The van der Waals surface area contributed by atoms with E-state index in [0.717, 1.165) is 48.3 Å². The Morgan fingerprint density at radius 1 is 1.42 bits per heavy atom. The van der Waals surface area contributed by atoms with Gasteiger partial charge in [0.05, 0.1) is 16.7 Å². The molecule has 2 aliphatic rings. The molecule has 2 fully saturated rings. The van der Waals surface area contributed by atoms with Crippen LogP contribution in [-0.4, -0.2) is 36.4 Å². The minimum atomic E-state index is -0.357. The predicted octanol–water partition coefficient (Wildman–Crippen LogP) is 2.34. The third-order valence-electron chi connectivity index (χ3n) is 3.86. The van der Waals surface area contributed by atoms with Crippen LogP contribution in [0.25, 0.3) is 6.08 Å². The molecule has 7 heteroatoms. The number of imide groups is 1. The van der Waals surface area contributed by atoms with Crippen molar-refractivity contribution in [2.24, 2.45) is 5.73 Å². The van der Waals surface area contributed by atoms with Crippen LogP contribution in [-0.2, 0) is 4.79 Å². The minimum Gasteiger partial charge on any atom is -0.489 e. The van der Waals surface area contributed by atoms with Crippen molar-refractivity contribution in [3.8, 4) is 5.75 Å². The maximum Gasteiger partial charge on any atom is 0.290 e. The normalized spacial score (nSPS) is 22.6. The standard InChI is InChI=1S/C17H21N3O3S/c1-10(2)23-13-5-3-4-11(8-14-16(21)19-17(22)24-14)15(13)20-7-6-12(18)9-20/h3-5,8,10,12H,6-7,9,18H2,1-2H3,(H,19,21,22)/t12-/m0/s1. The third-order valence-corrected chi connectivity index (χ3v) is 4.67. The van der Waals surface area contributed by atoms with Crippen LogP contribution in [0.4, 0.5) is 10.5 Å². The molecule has 2 amide bonds. The summed E-state index contributed by atoms with van der Waals surface area (Å²) in [7, 11) is 0. The number of nitrogens with one attached hydrogen (secondary N) is 1. The van der Waals surface area contributed by atoms with Crippen molar-refractivity contribution >= 4 is 34.7 Å². The fraction of sp³-hybridized carbons (Fsp3) is 0.412. The fourth-order valence-electron chi connectivity index (χ4n) is 2.90. The quantitative estimate of drug-likeness (QED) is 0.813. The van der Waals surface area contributed by atoms with Gasteiger partial charge in [0, 0.05) is 24.7 Å². The van der Waals surface area contributed by atoms with Gasteiger partial charge in [0.1, 0.15) is 5.75 Å².